The molecule has 0 unspecified atom stereocenters. The number of hydrogen-bond acceptors (Lipinski definition) is 6. The van der Waals surface area contributed by atoms with Gasteiger partial charge >= 0.3 is 112 Å². The SMILES string of the molecule is Cc1ccc2nnn(OC[I-]c3nn[nH]n3)c2c1. The van der Waals surface area contributed by atoms with Gasteiger partial charge in [-0.25, -0.2) is 0 Å². The summed E-state index contributed by atoms with van der Waals surface area (Å²) >= 11 is -0.434. The van der Waals surface area contributed by atoms with Gasteiger partial charge in [-0.1, -0.05) is 0 Å². The molecule has 0 aliphatic heterocycles. The number of nitrogens with one attached hydrogen (secondary N) is 1. The standard InChI is InChI=1S/C9H9IN7O/c1-6-2-3-7-8(4-6)17(16-11-7)18-5-10-9-12-14-15-13-9/h2-4H,5H2,1H3,(H,12,13,14,15)/q-1. The first-order valence-corrected chi connectivity index (χ1v) is 7.71. The molecule has 0 radical (unpaired) electrons. The average Bonchev–Trinajstić information content (AvgIpc) is 2.99. The summed E-state index contributed by atoms with van der Waals surface area (Å²) in [5, 5.41) is 21.7. The Labute approximate surface area is 112 Å². The summed E-state index contributed by atoms with van der Waals surface area (Å²) in [6, 6.07) is 5.90. The van der Waals surface area contributed by atoms with Gasteiger partial charge in [0.25, 0.3) is 0 Å². The number of aromatic amines is 1. The Bertz CT molecular complexity index is 650. The average molecular weight is 358 g/mol. The molecule has 9 heteroatoms. The molecular weight excluding hydrogens is 349 g/mol. The third kappa shape index (κ3) is 2.25. The van der Waals surface area contributed by atoms with Crippen molar-refractivity contribution < 1.29 is 26.0 Å². The van der Waals surface area contributed by atoms with Crippen LogP contribution in [0.15, 0.2) is 18.2 Å². The predicted molar refractivity (Wildman–Crippen MR) is 56.6 cm³/mol. The van der Waals surface area contributed by atoms with Crippen molar-refractivity contribution in [1.82, 2.24) is 35.8 Å². The molecule has 1 aromatic carbocycles. The summed E-state index contributed by atoms with van der Waals surface area (Å²) in [7, 11) is 0. The number of nitrogens with zero attached hydrogens (tertiary/aromatic N) is 6. The minimum absolute atomic E-state index is 0.434. The molecule has 3 aromatic rings. The molecule has 8 nitrogen and oxygen atoms in total. The van der Waals surface area contributed by atoms with Crippen LogP contribution in [0.5, 0.6) is 0 Å². The number of rotatable bonds is 4. The van der Waals surface area contributed by atoms with Crippen molar-refractivity contribution >= 4 is 11.0 Å². The Morgan fingerprint density at radius 3 is 3.17 bits per heavy atom. The number of H-pyrrole nitrogens is 1. The zero-order chi connectivity index (χ0) is 12.4. The Morgan fingerprint density at radius 1 is 1.39 bits per heavy atom. The van der Waals surface area contributed by atoms with Crippen LogP contribution in [0.25, 0.3) is 11.0 Å². The van der Waals surface area contributed by atoms with E-state index in [-0.39, 0.29) is 0 Å². The van der Waals surface area contributed by atoms with Gasteiger partial charge in [0.1, 0.15) is 0 Å². The Kier molecular flexibility index (Phi) is 3.04. The summed E-state index contributed by atoms with van der Waals surface area (Å²) in [5.41, 5.74) is 2.83. The van der Waals surface area contributed by atoms with Crippen molar-refractivity contribution in [2.24, 2.45) is 0 Å². The molecule has 2 heterocycles. The fourth-order valence-electron chi connectivity index (χ4n) is 1.43. The molecule has 0 atom stereocenters. The van der Waals surface area contributed by atoms with Crippen molar-refractivity contribution in [3.05, 3.63) is 27.6 Å². The van der Waals surface area contributed by atoms with Crippen molar-refractivity contribution in [2.45, 2.75) is 6.92 Å². The number of fused-ring (bicyclic) bond motifs is 1. The van der Waals surface area contributed by atoms with Crippen molar-refractivity contribution in [1.29, 1.82) is 0 Å². The van der Waals surface area contributed by atoms with Gasteiger partial charge in [-0.3, -0.25) is 0 Å². The van der Waals surface area contributed by atoms with Gasteiger partial charge in [-0.15, -0.1) is 0 Å². The number of tetrazole rings is 1. The van der Waals surface area contributed by atoms with Crippen LogP contribution in [0.3, 0.4) is 0 Å². The Balaban J connectivity index is 1.72. The van der Waals surface area contributed by atoms with Gasteiger partial charge in [0.15, 0.2) is 0 Å². The molecule has 0 fully saturated rings. The first-order chi connectivity index (χ1) is 8.83. The first kappa shape index (κ1) is 11.3. The monoisotopic (exact) mass is 358 g/mol. The van der Waals surface area contributed by atoms with Crippen molar-refractivity contribution in [2.75, 3.05) is 4.61 Å². The molecule has 94 valence electrons. The van der Waals surface area contributed by atoms with Gasteiger partial charge in [0.2, 0.25) is 0 Å². The van der Waals surface area contributed by atoms with E-state index in [1.54, 1.807) is 0 Å². The fourth-order valence-corrected chi connectivity index (χ4v) is 2.65. The third-order valence-corrected chi connectivity index (χ3v) is 3.96. The van der Waals surface area contributed by atoms with E-state index < -0.39 is 21.2 Å². The van der Waals surface area contributed by atoms with E-state index in [0.29, 0.717) is 4.61 Å². The quantitative estimate of drug-likeness (QED) is 0.386. The molecule has 0 saturated heterocycles. The minimum atomic E-state index is -0.434. The van der Waals surface area contributed by atoms with Crippen molar-refractivity contribution in [3.63, 3.8) is 0 Å². The van der Waals surface area contributed by atoms with Crippen LogP contribution in [-0.4, -0.2) is 40.4 Å². The molecule has 0 bridgehead atoms. The van der Waals surface area contributed by atoms with Crippen LogP contribution in [0.1, 0.15) is 5.56 Å². The second kappa shape index (κ2) is 4.84. The van der Waals surface area contributed by atoms with E-state index in [1.807, 2.05) is 25.1 Å². The van der Waals surface area contributed by atoms with Crippen LogP contribution < -0.4 is 26.0 Å². The van der Waals surface area contributed by atoms with Crippen LogP contribution >= 0.6 is 0 Å². The van der Waals surface area contributed by atoms with Crippen LogP contribution in [0, 0.1) is 10.8 Å². The van der Waals surface area contributed by atoms with Gasteiger partial charge in [0.05, 0.1) is 0 Å². The molecule has 0 saturated carbocycles. The number of aromatic nitrogens is 7. The zero-order valence-electron chi connectivity index (χ0n) is 9.41. The molecule has 3 rings (SSSR count). The molecule has 18 heavy (non-hydrogen) atoms. The molecule has 0 amide bonds. The number of aryl methyl sites for hydroxylation is 1. The summed E-state index contributed by atoms with van der Waals surface area (Å²) < 4.78 is 1.24. The molecule has 1 N–H and O–H groups in total. The number of hydrogen-bond donors (Lipinski definition) is 1. The van der Waals surface area contributed by atoms with Gasteiger partial charge < -0.3 is 0 Å². The van der Waals surface area contributed by atoms with Gasteiger partial charge in [-0.05, 0) is 0 Å². The van der Waals surface area contributed by atoms with Gasteiger partial charge in [0, 0.05) is 0 Å². The normalized spacial score (nSPS) is 11.2. The molecule has 0 spiro atoms. The van der Waals surface area contributed by atoms with Crippen molar-refractivity contribution in [3.8, 4) is 0 Å². The summed E-state index contributed by atoms with van der Waals surface area (Å²) in [6.45, 7) is 2.02. The van der Waals surface area contributed by atoms with Crippen LogP contribution in [-0.2, 0) is 0 Å². The Morgan fingerprint density at radius 2 is 2.33 bits per heavy atom. The molecular formula is C9H9IN7O-. The summed E-state index contributed by atoms with van der Waals surface area (Å²) in [6.07, 6.45) is 0. The van der Waals surface area contributed by atoms with E-state index in [9.17, 15) is 0 Å². The second-order valence-electron chi connectivity index (χ2n) is 3.51. The van der Waals surface area contributed by atoms with Gasteiger partial charge in [-0.2, -0.15) is 0 Å². The molecule has 2 aromatic heterocycles. The number of halogens is 1. The van der Waals surface area contributed by atoms with Crippen LogP contribution in [0.2, 0.25) is 0 Å². The number of benzene rings is 1. The zero-order valence-corrected chi connectivity index (χ0v) is 11.6. The van der Waals surface area contributed by atoms with E-state index in [4.69, 9.17) is 4.84 Å². The summed E-state index contributed by atoms with van der Waals surface area (Å²) in [4.78, 5) is 7.00. The van der Waals surface area contributed by atoms with E-state index in [1.165, 1.54) is 4.85 Å². The predicted octanol–water partition coefficient (Wildman–Crippen LogP) is -3.40. The van der Waals surface area contributed by atoms with E-state index in [2.05, 4.69) is 30.9 Å². The van der Waals surface area contributed by atoms with E-state index in [0.717, 1.165) is 20.4 Å². The molecule has 0 aliphatic carbocycles. The third-order valence-electron chi connectivity index (χ3n) is 2.24. The number of alkyl halides is 1. The summed E-state index contributed by atoms with van der Waals surface area (Å²) in [5.74, 6) is 0. The Hall–Kier alpha value is -1.78. The maximum absolute atomic E-state index is 5.56. The maximum atomic E-state index is 5.56. The second-order valence-corrected chi connectivity index (χ2v) is 5.86. The topological polar surface area (TPSA) is 94.4 Å². The fraction of sp³-hybridized carbons (Fsp3) is 0.222. The molecule has 0 aliphatic rings. The first-order valence-electron chi connectivity index (χ1n) is 5.11. The van der Waals surface area contributed by atoms with E-state index >= 15 is 0 Å². The van der Waals surface area contributed by atoms with Crippen LogP contribution in [0.4, 0.5) is 0 Å².